The molecule has 0 spiro atoms. The minimum absolute atomic E-state index is 0.228. The van der Waals surface area contributed by atoms with Crippen molar-refractivity contribution in [3.05, 3.63) is 74.9 Å². The fourth-order valence-corrected chi connectivity index (χ4v) is 2.90. The summed E-state index contributed by atoms with van der Waals surface area (Å²) in [6.45, 7) is 6.75. The van der Waals surface area contributed by atoms with E-state index in [1.54, 1.807) is 0 Å². The Balaban J connectivity index is 2.09. The van der Waals surface area contributed by atoms with Gasteiger partial charge in [-0.1, -0.05) is 75.4 Å². The van der Waals surface area contributed by atoms with Gasteiger partial charge in [-0.3, -0.25) is 0 Å². The van der Waals surface area contributed by atoms with Gasteiger partial charge in [0.25, 0.3) is 0 Å². The van der Waals surface area contributed by atoms with Crippen molar-refractivity contribution in [2.45, 2.75) is 32.6 Å². The third-order valence-electron chi connectivity index (χ3n) is 3.32. The Hall–Kier alpha value is -1.09. The maximum absolute atomic E-state index is 2.43. The summed E-state index contributed by atoms with van der Waals surface area (Å²) in [6, 6.07) is 19.5. The number of benzene rings is 2. The van der Waals surface area contributed by atoms with E-state index in [1.165, 1.54) is 20.3 Å². The van der Waals surface area contributed by atoms with Crippen molar-refractivity contribution >= 4 is 28.7 Å². The van der Waals surface area contributed by atoms with E-state index in [9.17, 15) is 0 Å². The fraction of sp³-hybridized carbons (Fsp3) is 0.263. The number of rotatable bonds is 3. The summed E-state index contributed by atoms with van der Waals surface area (Å²) in [6.07, 6.45) is 3.25. The van der Waals surface area contributed by atoms with Gasteiger partial charge in [0.1, 0.15) is 0 Å². The zero-order valence-electron chi connectivity index (χ0n) is 12.4. The minimum atomic E-state index is 0.228. The first-order chi connectivity index (χ1) is 9.45. The summed E-state index contributed by atoms with van der Waals surface area (Å²) >= 11 is 2.43. The van der Waals surface area contributed by atoms with Crippen molar-refractivity contribution < 1.29 is 0 Å². The molecular weight excluding hydrogens is 355 g/mol. The topological polar surface area (TPSA) is 0 Å². The Labute approximate surface area is 136 Å². The molecule has 0 fully saturated rings. The summed E-state index contributed by atoms with van der Waals surface area (Å²) < 4.78 is 1.36. The quantitative estimate of drug-likeness (QED) is 0.576. The van der Waals surface area contributed by atoms with Crippen LogP contribution in [0.4, 0.5) is 0 Å². The van der Waals surface area contributed by atoms with Gasteiger partial charge in [0.15, 0.2) is 0 Å². The van der Waals surface area contributed by atoms with Crippen LogP contribution in [0.1, 0.15) is 37.5 Å². The van der Waals surface area contributed by atoms with Gasteiger partial charge < -0.3 is 0 Å². The Bertz CT molecular complexity index is 571. The second kappa shape index (κ2) is 6.57. The van der Waals surface area contributed by atoms with Crippen LogP contribution in [0.3, 0.4) is 0 Å². The van der Waals surface area contributed by atoms with Gasteiger partial charge in [0, 0.05) is 6.42 Å². The first kappa shape index (κ1) is 15.3. The fourth-order valence-electron chi connectivity index (χ4n) is 2.10. The van der Waals surface area contributed by atoms with Crippen LogP contribution in [0.5, 0.6) is 0 Å². The average molecular weight is 376 g/mol. The first-order valence-electron chi connectivity index (χ1n) is 6.96. The normalized spacial score (nSPS) is 12.5. The summed E-state index contributed by atoms with van der Waals surface area (Å²) in [5.74, 6) is 0. The van der Waals surface area contributed by atoms with Crippen LogP contribution in [0.2, 0.25) is 0 Å². The largest absolute Gasteiger partial charge is 0.0622 e. The van der Waals surface area contributed by atoms with Crippen LogP contribution in [-0.2, 0) is 11.8 Å². The number of allylic oxidation sites excluding steroid dienone is 1. The molecule has 0 N–H and O–H groups in total. The Morgan fingerprint density at radius 2 is 1.55 bits per heavy atom. The van der Waals surface area contributed by atoms with Crippen molar-refractivity contribution in [3.8, 4) is 0 Å². The van der Waals surface area contributed by atoms with Crippen molar-refractivity contribution in [1.29, 1.82) is 0 Å². The molecule has 0 aliphatic carbocycles. The highest BCUT2D eigenvalue weighted by Gasteiger charge is 2.12. The van der Waals surface area contributed by atoms with Gasteiger partial charge in [0.05, 0.1) is 0 Å². The van der Waals surface area contributed by atoms with Crippen molar-refractivity contribution in [3.63, 3.8) is 0 Å². The molecule has 0 unspecified atom stereocenters. The molecule has 0 aromatic heterocycles. The van der Waals surface area contributed by atoms with E-state index < -0.39 is 0 Å². The van der Waals surface area contributed by atoms with E-state index in [0.29, 0.717) is 0 Å². The molecular formula is C19H21I. The predicted octanol–water partition coefficient (Wildman–Crippen LogP) is 6.00. The second-order valence-electron chi connectivity index (χ2n) is 6.13. The molecule has 104 valence electrons. The van der Waals surface area contributed by atoms with Gasteiger partial charge in [0.2, 0.25) is 0 Å². The second-order valence-corrected chi connectivity index (χ2v) is 7.51. The van der Waals surface area contributed by atoms with Gasteiger partial charge in [-0.15, -0.1) is 0 Å². The van der Waals surface area contributed by atoms with Gasteiger partial charge in [-0.05, 0) is 54.4 Å². The zero-order valence-corrected chi connectivity index (χ0v) is 14.5. The summed E-state index contributed by atoms with van der Waals surface area (Å²) in [5.41, 5.74) is 4.26. The van der Waals surface area contributed by atoms with Crippen molar-refractivity contribution in [2.24, 2.45) is 0 Å². The standard InChI is InChI=1S/C19H21I/c1-19(2,3)17-11-9-16(10-12-17)14-18(20)13-15-7-5-4-6-8-15/h4-13H,14H2,1-3H3/b18-13-. The molecule has 1 heteroatoms. The molecule has 2 aromatic rings. The zero-order chi connectivity index (χ0) is 14.6. The van der Waals surface area contributed by atoms with Crippen LogP contribution in [0.25, 0.3) is 6.08 Å². The molecule has 0 amide bonds. The average Bonchev–Trinajstić information content (AvgIpc) is 2.39. The molecule has 0 atom stereocenters. The summed E-state index contributed by atoms with van der Waals surface area (Å²) in [5, 5.41) is 0. The molecule has 0 aliphatic rings. The van der Waals surface area contributed by atoms with E-state index in [2.05, 4.69) is 104 Å². The van der Waals surface area contributed by atoms with E-state index in [4.69, 9.17) is 0 Å². The molecule has 0 bridgehead atoms. The maximum Gasteiger partial charge on any atom is 0.00327 e. The van der Waals surface area contributed by atoms with Crippen LogP contribution >= 0.6 is 22.6 Å². The van der Waals surface area contributed by atoms with Crippen molar-refractivity contribution in [1.82, 2.24) is 0 Å². The first-order valence-corrected chi connectivity index (χ1v) is 8.03. The third kappa shape index (κ3) is 4.48. The van der Waals surface area contributed by atoms with Crippen LogP contribution in [0.15, 0.2) is 58.2 Å². The monoisotopic (exact) mass is 376 g/mol. The van der Waals surface area contributed by atoms with Crippen LogP contribution < -0.4 is 0 Å². The van der Waals surface area contributed by atoms with Crippen LogP contribution in [0, 0.1) is 0 Å². The highest BCUT2D eigenvalue weighted by molar-refractivity contribution is 14.1. The smallest absolute Gasteiger partial charge is 0.00327 e. The lowest BCUT2D eigenvalue weighted by Gasteiger charge is -2.19. The molecule has 20 heavy (non-hydrogen) atoms. The number of hydrogen-bond acceptors (Lipinski definition) is 0. The third-order valence-corrected chi connectivity index (χ3v) is 4.01. The molecule has 0 aliphatic heterocycles. The lowest BCUT2D eigenvalue weighted by molar-refractivity contribution is 0.590. The molecule has 0 saturated heterocycles. The lowest BCUT2D eigenvalue weighted by atomic mass is 9.86. The van der Waals surface area contributed by atoms with E-state index in [-0.39, 0.29) is 5.41 Å². The summed E-state index contributed by atoms with van der Waals surface area (Å²) in [7, 11) is 0. The Morgan fingerprint density at radius 3 is 2.10 bits per heavy atom. The Kier molecular flexibility index (Phi) is 5.03. The minimum Gasteiger partial charge on any atom is -0.0622 e. The van der Waals surface area contributed by atoms with E-state index in [1.807, 2.05) is 0 Å². The summed E-state index contributed by atoms with van der Waals surface area (Å²) in [4.78, 5) is 0. The number of hydrogen-bond donors (Lipinski definition) is 0. The van der Waals surface area contributed by atoms with Gasteiger partial charge >= 0.3 is 0 Å². The molecule has 2 aromatic carbocycles. The molecule has 0 saturated carbocycles. The molecule has 0 heterocycles. The predicted molar refractivity (Wildman–Crippen MR) is 97.3 cm³/mol. The molecule has 0 nitrogen and oxygen atoms in total. The molecule has 0 radical (unpaired) electrons. The lowest BCUT2D eigenvalue weighted by Crippen LogP contribution is -2.10. The number of halogens is 1. The highest BCUT2D eigenvalue weighted by Crippen LogP contribution is 2.24. The van der Waals surface area contributed by atoms with E-state index in [0.717, 1.165) is 6.42 Å². The van der Waals surface area contributed by atoms with Crippen LogP contribution in [-0.4, -0.2) is 0 Å². The van der Waals surface area contributed by atoms with Gasteiger partial charge in [-0.25, -0.2) is 0 Å². The molecule has 2 rings (SSSR count). The van der Waals surface area contributed by atoms with E-state index >= 15 is 0 Å². The van der Waals surface area contributed by atoms with Gasteiger partial charge in [-0.2, -0.15) is 0 Å². The Morgan fingerprint density at radius 1 is 0.950 bits per heavy atom. The SMILES string of the molecule is CC(C)(C)c1ccc(C/C(I)=C/c2ccccc2)cc1. The highest BCUT2D eigenvalue weighted by atomic mass is 127. The van der Waals surface area contributed by atoms with Crippen molar-refractivity contribution in [2.75, 3.05) is 0 Å². The maximum atomic E-state index is 2.43.